The van der Waals surface area contributed by atoms with Crippen molar-refractivity contribution in [2.75, 3.05) is 30.7 Å². The van der Waals surface area contributed by atoms with Gasteiger partial charge in [-0.25, -0.2) is 25.9 Å². The Balaban J connectivity index is 0.974. The standard InChI is InChI=1S/C44H44F4N6O8S3/c45-40-28(11-15-34-35(40)25-54(43(34)58)37-17-18-39(55)50-42(37)57)22-53-24-30-12-13-31(53)23-52(30)20-19-29(26-63-32-9-5-2-6-10-32)49-36-16-14-33(21-38(36)64(59,60)44(46,47)48)65(61,62)51-41(56)27-7-3-1-4-8-27/h1-11,14-16,21,29-31,37,49H,12-13,17-20,22-26H2,(H,51,56)(H,50,55,57)/t29-,30?,31?,37?/m1/s1. The lowest BCUT2D eigenvalue weighted by Gasteiger charge is -2.52. The van der Waals surface area contributed by atoms with Crippen LogP contribution in [0.2, 0.25) is 0 Å². The van der Waals surface area contributed by atoms with Crippen LogP contribution in [-0.2, 0) is 42.5 Å². The number of amides is 4. The van der Waals surface area contributed by atoms with Gasteiger partial charge in [0.15, 0.2) is 0 Å². The number of anilines is 1. The van der Waals surface area contributed by atoms with Gasteiger partial charge in [0.1, 0.15) is 16.8 Å². The summed E-state index contributed by atoms with van der Waals surface area (Å²) >= 11 is 1.40. The number of carbonyl (C=O) groups is 4. The molecule has 0 aliphatic carbocycles. The van der Waals surface area contributed by atoms with Gasteiger partial charge in [-0.15, -0.1) is 11.8 Å². The second kappa shape index (κ2) is 18.5. The van der Waals surface area contributed by atoms with Crippen molar-refractivity contribution in [2.24, 2.45) is 0 Å². The van der Waals surface area contributed by atoms with E-state index in [9.17, 15) is 49.2 Å². The fourth-order valence-corrected chi connectivity index (χ4v) is 11.9. The van der Waals surface area contributed by atoms with Crippen LogP contribution in [-0.4, -0.2) is 110 Å². The smallest absolute Gasteiger partial charge is 0.380 e. The molecule has 4 fully saturated rings. The molecule has 5 aliphatic rings. The summed E-state index contributed by atoms with van der Waals surface area (Å²) in [6, 6.07) is 20.5. The predicted molar refractivity (Wildman–Crippen MR) is 231 cm³/mol. The molecule has 21 heteroatoms. The summed E-state index contributed by atoms with van der Waals surface area (Å²) in [6.45, 7) is 1.84. The van der Waals surface area contributed by atoms with Gasteiger partial charge in [-0.1, -0.05) is 42.5 Å². The maximum Gasteiger partial charge on any atom is 0.501 e. The first kappa shape index (κ1) is 46.2. The average Bonchev–Trinajstić information content (AvgIpc) is 3.61. The van der Waals surface area contributed by atoms with Gasteiger partial charge in [-0.2, -0.15) is 13.2 Å². The van der Waals surface area contributed by atoms with E-state index < -0.39 is 82.4 Å². The van der Waals surface area contributed by atoms with Crippen molar-refractivity contribution in [3.63, 3.8) is 0 Å². The number of piperidine rings is 3. The summed E-state index contributed by atoms with van der Waals surface area (Å²) < 4.78 is 113. The van der Waals surface area contributed by atoms with Gasteiger partial charge in [0.25, 0.3) is 31.7 Å². The SMILES string of the molecule is O=C1CCC(N2Cc3c(ccc(CN4CC5CCC4CN5CC[C@H](CSc4ccccc4)Nc4ccc(S(=O)(=O)NC(=O)c5ccccc5)cc4S(=O)(=O)C(F)(F)F)c3F)C2=O)C(=O)N1. The van der Waals surface area contributed by atoms with Gasteiger partial charge in [-0.05, 0) is 74.2 Å². The van der Waals surface area contributed by atoms with Gasteiger partial charge in [-0.3, -0.25) is 34.3 Å². The van der Waals surface area contributed by atoms with Crippen LogP contribution in [0.5, 0.6) is 0 Å². The number of piperazine rings is 1. The van der Waals surface area contributed by atoms with Crippen molar-refractivity contribution in [1.29, 1.82) is 0 Å². The molecular weight excluding hydrogens is 913 g/mol. The zero-order chi connectivity index (χ0) is 46.3. The highest BCUT2D eigenvalue weighted by atomic mass is 32.2. The van der Waals surface area contributed by atoms with Crippen LogP contribution in [0.1, 0.15) is 63.9 Å². The second-order valence-electron chi connectivity index (χ2n) is 16.4. The van der Waals surface area contributed by atoms with Crippen LogP contribution in [0, 0.1) is 5.82 Å². The fourth-order valence-electron chi connectivity index (χ4n) is 8.88. The maximum atomic E-state index is 16.1. The third-order valence-corrected chi connectivity index (χ3v) is 16.3. The summed E-state index contributed by atoms with van der Waals surface area (Å²) in [7, 11) is -10.9. The molecule has 4 atom stereocenters. The summed E-state index contributed by atoms with van der Waals surface area (Å²) in [5, 5.41) is 5.25. The second-order valence-corrected chi connectivity index (χ2v) is 21.1. The van der Waals surface area contributed by atoms with Gasteiger partial charge < -0.3 is 10.2 Å². The van der Waals surface area contributed by atoms with Crippen molar-refractivity contribution in [1.82, 2.24) is 24.7 Å². The van der Waals surface area contributed by atoms with E-state index in [2.05, 4.69) is 20.4 Å². The number of sulfonamides is 1. The molecule has 2 bridgehead atoms. The first-order chi connectivity index (χ1) is 30.9. The molecule has 3 unspecified atom stereocenters. The number of hydrogen-bond acceptors (Lipinski definition) is 12. The lowest BCUT2D eigenvalue weighted by Crippen LogP contribution is -2.62. The maximum absolute atomic E-state index is 16.1. The molecule has 0 spiro atoms. The molecule has 4 amide bonds. The molecule has 4 aromatic rings. The third-order valence-electron chi connectivity index (χ3n) is 12.3. The van der Waals surface area contributed by atoms with Crippen molar-refractivity contribution in [2.45, 2.75) is 89.6 Å². The first-order valence-electron chi connectivity index (χ1n) is 20.8. The molecule has 4 saturated heterocycles. The average molecular weight is 957 g/mol. The lowest BCUT2D eigenvalue weighted by atomic mass is 9.89. The van der Waals surface area contributed by atoms with Crippen molar-refractivity contribution < 1.29 is 53.6 Å². The monoisotopic (exact) mass is 956 g/mol. The minimum Gasteiger partial charge on any atom is -0.380 e. The van der Waals surface area contributed by atoms with Crippen LogP contribution in [0.3, 0.4) is 0 Å². The van der Waals surface area contributed by atoms with Crippen molar-refractivity contribution >= 4 is 60.9 Å². The summed E-state index contributed by atoms with van der Waals surface area (Å²) in [5.74, 6) is -2.74. The molecule has 344 valence electrons. The highest BCUT2D eigenvalue weighted by Gasteiger charge is 2.49. The number of rotatable bonds is 15. The van der Waals surface area contributed by atoms with Gasteiger partial charge in [0.2, 0.25) is 11.8 Å². The first-order valence-corrected chi connectivity index (χ1v) is 24.8. The van der Waals surface area contributed by atoms with Gasteiger partial charge in [0, 0.05) is 83.6 Å². The minimum atomic E-state index is -6.11. The van der Waals surface area contributed by atoms with Crippen LogP contribution < -0.4 is 15.4 Å². The van der Waals surface area contributed by atoms with Gasteiger partial charge >= 0.3 is 5.51 Å². The molecule has 5 heterocycles. The number of nitrogens with one attached hydrogen (secondary N) is 3. The largest absolute Gasteiger partial charge is 0.501 e. The molecule has 0 saturated carbocycles. The summed E-state index contributed by atoms with van der Waals surface area (Å²) in [4.78, 5) is 54.6. The van der Waals surface area contributed by atoms with Crippen molar-refractivity contribution in [3.05, 3.63) is 119 Å². The topological polar surface area (TPSA) is 182 Å². The Kier molecular flexibility index (Phi) is 13.1. The predicted octanol–water partition coefficient (Wildman–Crippen LogP) is 5.31. The zero-order valence-electron chi connectivity index (χ0n) is 34.6. The Bertz CT molecular complexity index is 2730. The number of alkyl halides is 3. The van der Waals surface area contributed by atoms with E-state index in [4.69, 9.17) is 0 Å². The lowest BCUT2D eigenvalue weighted by molar-refractivity contribution is -0.136. The van der Waals surface area contributed by atoms with E-state index in [0.29, 0.717) is 37.7 Å². The quantitative estimate of drug-likeness (QED) is 0.0795. The number of sulfone groups is 1. The molecule has 9 rings (SSSR count). The third kappa shape index (κ3) is 9.79. The summed E-state index contributed by atoms with van der Waals surface area (Å²) in [6.07, 6.45) is 2.26. The van der Waals surface area contributed by atoms with Gasteiger partial charge in [0.05, 0.1) is 17.1 Å². The number of halogens is 4. The van der Waals surface area contributed by atoms with Crippen LogP contribution in [0.4, 0.5) is 23.2 Å². The van der Waals surface area contributed by atoms with E-state index in [0.717, 1.165) is 29.9 Å². The highest BCUT2D eigenvalue weighted by molar-refractivity contribution is 7.99. The molecule has 0 aromatic heterocycles. The number of nitrogens with zero attached hydrogens (tertiary/aromatic N) is 3. The Morgan fingerprint density at radius 1 is 0.862 bits per heavy atom. The molecule has 0 radical (unpaired) electrons. The highest BCUT2D eigenvalue weighted by Crippen LogP contribution is 2.38. The number of thioether (sulfide) groups is 1. The van der Waals surface area contributed by atoms with E-state index >= 15 is 4.39 Å². The van der Waals surface area contributed by atoms with Crippen LogP contribution >= 0.6 is 11.8 Å². The number of hydrogen-bond donors (Lipinski definition) is 3. The van der Waals surface area contributed by atoms with Crippen molar-refractivity contribution in [3.8, 4) is 0 Å². The van der Waals surface area contributed by atoms with Crippen LogP contribution in [0.25, 0.3) is 0 Å². The number of benzene rings is 4. The zero-order valence-corrected chi connectivity index (χ0v) is 37.0. The van der Waals surface area contributed by atoms with E-state index in [1.807, 2.05) is 30.3 Å². The molecule has 4 aromatic carbocycles. The molecule has 65 heavy (non-hydrogen) atoms. The summed E-state index contributed by atoms with van der Waals surface area (Å²) in [5.41, 5.74) is -5.48. The fraction of sp³-hybridized carbons (Fsp3) is 0.364. The molecule has 5 aliphatic heterocycles. The Hall–Kier alpha value is -5.35. The normalized spacial score (nSPS) is 21.0. The van der Waals surface area contributed by atoms with Crippen LogP contribution in [0.15, 0.2) is 106 Å². The Morgan fingerprint density at radius 2 is 1.54 bits per heavy atom. The van der Waals surface area contributed by atoms with E-state index in [1.165, 1.54) is 40.9 Å². The number of carbonyl (C=O) groups excluding carboxylic acids is 4. The van der Waals surface area contributed by atoms with E-state index in [1.54, 1.807) is 22.9 Å². The molecule has 14 nitrogen and oxygen atoms in total. The van der Waals surface area contributed by atoms with E-state index in [-0.39, 0.29) is 60.5 Å². The molecular formula is C44H44F4N6O8S3. The minimum absolute atomic E-state index is 0.0276. The Labute approximate surface area is 377 Å². The number of imide groups is 1. The Morgan fingerprint density at radius 3 is 2.20 bits per heavy atom. The molecule has 3 N–H and O–H groups in total. The number of fused-ring (bicyclic) bond motifs is 4.